The Morgan fingerprint density at radius 2 is 0.960 bits per heavy atom. The van der Waals surface area contributed by atoms with Crippen molar-refractivity contribution >= 4 is 18.4 Å². The van der Waals surface area contributed by atoms with Crippen molar-refractivity contribution in [3.05, 3.63) is 46.5 Å². The maximum Gasteiger partial charge on any atom is 1.00 e. The van der Waals surface area contributed by atoms with Crippen molar-refractivity contribution in [2.75, 3.05) is 6.61 Å². The first-order valence-electron chi connectivity index (χ1n) is 19.8. The molecule has 50 heavy (non-hydrogen) atoms. The molecule has 0 fully saturated rings. The van der Waals surface area contributed by atoms with E-state index in [4.69, 9.17) is 9.47 Å². The van der Waals surface area contributed by atoms with Crippen molar-refractivity contribution < 1.29 is 81.4 Å². The number of esters is 2. The van der Waals surface area contributed by atoms with E-state index in [1.807, 2.05) is 74.4 Å². The molecule has 2 aliphatic rings. The Labute approximate surface area is 351 Å². The summed E-state index contributed by atoms with van der Waals surface area (Å²) in [7, 11) is 0. The Bertz CT molecular complexity index is 1080. The number of unbranched alkanes of at least 4 members (excludes halogenated alkanes) is 3. The van der Waals surface area contributed by atoms with Crippen LogP contribution in [0, 0.1) is 0 Å². The number of ether oxygens (including phenoxy) is 3. The first-order chi connectivity index (χ1) is 24.0. The molecule has 7 heteroatoms. The Kier molecular flexibility index (Phi) is 37.9. The maximum absolute atomic E-state index is 12.7. The van der Waals surface area contributed by atoms with Gasteiger partial charge in [-0.1, -0.05) is 108 Å². The molecule has 0 radical (unpaired) electrons. The van der Waals surface area contributed by atoms with Crippen LogP contribution in [0.3, 0.4) is 0 Å². The molecule has 0 atom stereocenters. The average Bonchev–Trinajstić information content (AvgIpc) is 3.17. The number of aryl methyl sites for hydroxylation is 2. The molecule has 0 aromatic heterocycles. The summed E-state index contributed by atoms with van der Waals surface area (Å²) in [6.07, 6.45) is 15.0. The molecule has 6 nitrogen and oxygen atoms in total. The number of carbonyl (C=O) groups is 3. The van der Waals surface area contributed by atoms with E-state index in [9.17, 15) is 14.4 Å². The first kappa shape index (κ1) is 52.8. The van der Waals surface area contributed by atoms with Gasteiger partial charge in [-0.05, 0) is 105 Å². The van der Waals surface area contributed by atoms with Gasteiger partial charge in [0.2, 0.25) is 0 Å². The van der Waals surface area contributed by atoms with Crippen molar-refractivity contribution in [3.8, 4) is 22.6 Å². The van der Waals surface area contributed by atoms with Gasteiger partial charge >= 0.3 is 63.3 Å². The number of fused-ring (bicyclic) bond motifs is 2. The van der Waals surface area contributed by atoms with Crippen LogP contribution in [0.5, 0.6) is 11.5 Å². The number of hydrogen-bond acceptors (Lipinski definition) is 6. The zero-order valence-corrected chi connectivity index (χ0v) is 37.5. The van der Waals surface area contributed by atoms with Crippen molar-refractivity contribution in [3.63, 3.8) is 0 Å². The second-order valence-corrected chi connectivity index (χ2v) is 11.0. The van der Waals surface area contributed by atoms with Gasteiger partial charge in [0.25, 0.3) is 6.47 Å². The van der Waals surface area contributed by atoms with Crippen LogP contribution < -0.4 is 60.9 Å². The van der Waals surface area contributed by atoms with E-state index >= 15 is 0 Å². The molecular formula is C43H73KO6. The summed E-state index contributed by atoms with van der Waals surface area (Å²) in [6, 6.07) is 8.19. The third kappa shape index (κ3) is 19.4. The van der Waals surface area contributed by atoms with Gasteiger partial charge < -0.3 is 15.6 Å². The fourth-order valence-electron chi connectivity index (χ4n) is 5.60. The number of rotatable bonds is 13. The summed E-state index contributed by atoms with van der Waals surface area (Å²) in [5, 5.41) is 0. The van der Waals surface area contributed by atoms with Gasteiger partial charge in [0.05, 0.1) is 6.61 Å². The average molecular weight is 725 g/mol. The number of hydrogen-bond donors (Lipinski definition) is 0. The summed E-state index contributed by atoms with van der Waals surface area (Å²) in [4.78, 5) is 34.8. The van der Waals surface area contributed by atoms with Gasteiger partial charge in [-0.15, -0.1) is 0 Å². The second-order valence-electron chi connectivity index (χ2n) is 11.0. The van der Waals surface area contributed by atoms with Gasteiger partial charge in [-0.3, -0.25) is 14.4 Å². The Morgan fingerprint density at radius 3 is 1.30 bits per heavy atom. The summed E-state index contributed by atoms with van der Waals surface area (Å²) in [6.45, 7) is 23.3. The van der Waals surface area contributed by atoms with Crippen LogP contribution in [-0.2, 0) is 44.8 Å². The molecule has 0 saturated carbocycles. The molecule has 0 spiro atoms. The molecule has 2 aliphatic carbocycles. The van der Waals surface area contributed by atoms with E-state index in [2.05, 4.69) is 30.7 Å². The minimum Gasteiger partial charge on any atom is -1.00 e. The van der Waals surface area contributed by atoms with Crippen molar-refractivity contribution in [1.82, 2.24) is 0 Å². The largest absolute Gasteiger partial charge is 1.00 e. The van der Waals surface area contributed by atoms with Crippen molar-refractivity contribution in [2.45, 2.75) is 179 Å². The molecule has 0 saturated heterocycles. The van der Waals surface area contributed by atoms with E-state index in [-0.39, 0.29) is 64.7 Å². The predicted octanol–water partition coefficient (Wildman–Crippen LogP) is 9.48. The van der Waals surface area contributed by atoms with Gasteiger partial charge in [-0.2, -0.15) is 0 Å². The number of benzene rings is 2. The summed E-state index contributed by atoms with van der Waals surface area (Å²) in [5.41, 5.74) is 7.14. The molecule has 2 aromatic rings. The van der Waals surface area contributed by atoms with Crippen LogP contribution in [0.2, 0.25) is 0 Å². The van der Waals surface area contributed by atoms with Crippen LogP contribution in [0.25, 0.3) is 11.1 Å². The van der Waals surface area contributed by atoms with E-state index in [1.165, 1.54) is 35.1 Å². The minimum atomic E-state index is -0.190. The van der Waals surface area contributed by atoms with Crippen LogP contribution in [-0.4, -0.2) is 25.0 Å². The van der Waals surface area contributed by atoms with Crippen LogP contribution >= 0.6 is 0 Å². The van der Waals surface area contributed by atoms with Crippen molar-refractivity contribution in [1.29, 1.82) is 0 Å². The summed E-state index contributed by atoms with van der Waals surface area (Å²) in [5.74, 6) is 0.855. The smallest absolute Gasteiger partial charge is 1.00 e. The van der Waals surface area contributed by atoms with Crippen LogP contribution in [0.15, 0.2) is 24.3 Å². The molecular weight excluding hydrogens is 652 g/mol. The Balaban J connectivity index is -0.000000563. The van der Waals surface area contributed by atoms with E-state index in [0.29, 0.717) is 37.4 Å². The zero-order valence-electron chi connectivity index (χ0n) is 35.4. The number of carbonyl (C=O) groups excluding carboxylic acids is 3. The SMILES string of the molecule is CC.CC.CC.CC.CCCCC(=O)Oc1ccc2c(c1-c1c(OC(=O)CCCC)ccc3c1CCCC3)CCCC2.CCCCOC=O.[H-].[K+]. The van der Waals surface area contributed by atoms with Gasteiger partial charge in [-0.25, -0.2) is 0 Å². The molecule has 4 rings (SSSR count). The third-order valence-corrected chi connectivity index (χ3v) is 7.84. The summed E-state index contributed by atoms with van der Waals surface area (Å²) >= 11 is 0. The topological polar surface area (TPSA) is 78.9 Å². The minimum absolute atomic E-state index is 0. The standard InChI is InChI=1S/C30H38O4.C5H10O2.4C2H6.K.H/c1-3-5-15-27(31)33-25-19-17-21-11-7-9-13-23(21)29(25)30-24-14-10-8-12-22(24)18-20-26(30)34-28(32)16-6-4-2;1-2-3-4-7-5-6;4*1-2;;/h17-20H,3-16H2,1-2H3;5H,2-4H2,1H3;4*1-2H3;;/q;;;;;;+1;-1. The van der Waals surface area contributed by atoms with E-state index in [0.717, 1.165) is 88.2 Å². The van der Waals surface area contributed by atoms with Crippen molar-refractivity contribution in [2.24, 2.45) is 0 Å². The van der Waals surface area contributed by atoms with Gasteiger partial charge in [0.15, 0.2) is 0 Å². The Hall–Kier alpha value is -1.51. The quantitative estimate of drug-likeness (QED) is 0.0674. The fraction of sp³-hybridized carbons (Fsp3) is 0.651. The molecule has 0 unspecified atom stereocenters. The fourth-order valence-corrected chi connectivity index (χ4v) is 5.60. The molecule has 0 N–H and O–H groups in total. The zero-order chi connectivity index (χ0) is 37.5. The van der Waals surface area contributed by atoms with Crippen LogP contribution in [0.1, 0.15) is 177 Å². The molecule has 0 aliphatic heterocycles. The normalized spacial score (nSPS) is 11.7. The molecule has 0 bridgehead atoms. The molecule has 0 amide bonds. The molecule has 282 valence electrons. The Morgan fingerprint density at radius 1 is 0.600 bits per heavy atom. The van der Waals surface area contributed by atoms with E-state index in [1.54, 1.807) is 0 Å². The monoisotopic (exact) mass is 725 g/mol. The van der Waals surface area contributed by atoms with Crippen LogP contribution in [0.4, 0.5) is 0 Å². The second kappa shape index (κ2) is 35.9. The van der Waals surface area contributed by atoms with E-state index < -0.39 is 0 Å². The predicted molar refractivity (Wildman–Crippen MR) is 209 cm³/mol. The van der Waals surface area contributed by atoms with Gasteiger partial charge in [0.1, 0.15) is 11.5 Å². The summed E-state index contributed by atoms with van der Waals surface area (Å²) < 4.78 is 16.4. The molecule has 2 aromatic carbocycles. The molecule has 0 heterocycles. The third-order valence-electron chi connectivity index (χ3n) is 7.84. The first-order valence-corrected chi connectivity index (χ1v) is 19.8. The maximum atomic E-state index is 12.7. The van der Waals surface area contributed by atoms with Gasteiger partial charge in [0, 0.05) is 24.0 Å².